The van der Waals surface area contributed by atoms with Crippen molar-refractivity contribution in [1.29, 1.82) is 0 Å². The summed E-state index contributed by atoms with van der Waals surface area (Å²) < 4.78 is 5.85. The van der Waals surface area contributed by atoms with Gasteiger partial charge in [-0.25, -0.2) is 9.97 Å². The molecule has 0 unspecified atom stereocenters. The number of H-pyrrole nitrogens is 1. The third-order valence-corrected chi connectivity index (χ3v) is 5.41. The molecular weight excluding hydrogens is 376 g/mol. The summed E-state index contributed by atoms with van der Waals surface area (Å²) >= 11 is 0. The number of nitrogens with one attached hydrogen (secondary N) is 1. The summed E-state index contributed by atoms with van der Waals surface area (Å²) in [5.41, 5.74) is 5.93. The number of aryl methyl sites for hydroxylation is 1. The Morgan fingerprint density at radius 1 is 1.00 bits per heavy atom. The van der Waals surface area contributed by atoms with Crippen LogP contribution in [-0.2, 0) is 4.74 Å². The van der Waals surface area contributed by atoms with E-state index in [1.165, 1.54) is 0 Å². The van der Waals surface area contributed by atoms with Crippen molar-refractivity contribution in [3.05, 3.63) is 54.6 Å². The van der Waals surface area contributed by atoms with Crippen LogP contribution >= 0.6 is 0 Å². The molecule has 0 amide bonds. The Hall–Kier alpha value is -3.32. The fourth-order valence-electron chi connectivity index (χ4n) is 4.12. The monoisotopic (exact) mass is 400 g/mol. The van der Waals surface area contributed by atoms with E-state index < -0.39 is 0 Å². The largest absolute Gasteiger partial charge is 0.372 e. The van der Waals surface area contributed by atoms with Gasteiger partial charge >= 0.3 is 0 Å². The van der Waals surface area contributed by atoms with Crippen molar-refractivity contribution in [2.75, 3.05) is 18.0 Å². The second kappa shape index (κ2) is 7.50. The van der Waals surface area contributed by atoms with Crippen LogP contribution in [0.5, 0.6) is 0 Å². The predicted octanol–water partition coefficient (Wildman–Crippen LogP) is 4.00. The van der Waals surface area contributed by atoms with E-state index >= 15 is 0 Å². The Morgan fingerprint density at radius 2 is 1.83 bits per heavy atom. The summed E-state index contributed by atoms with van der Waals surface area (Å²) in [4.78, 5) is 15.6. The first-order valence-corrected chi connectivity index (χ1v) is 10.2. The second-order valence-electron chi connectivity index (χ2n) is 8.01. The Labute approximate surface area is 175 Å². The number of rotatable bonds is 3. The van der Waals surface area contributed by atoms with E-state index in [0.29, 0.717) is 0 Å². The summed E-state index contributed by atoms with van der Waals surface area (Å²) in [6.45, 7) is 7.86. The van der Waals surface area contributed by atoms with Crippen LogP contribution in [0.25, 0.3) is 33.4 Å². The molecule has 7 nitrogen and oxygen atoms in total. The first-order valence-electron chi connectivity index (χ1n) is 10.2. The number of aromatic nitrogens is 5. The van der Waals surface area contributed by atoms with Crippen molar-refractivity contribution in [2.24, 2.45) is 0 Å². The minimum absolute atomic E-state index is 0.170. The number of anilines is 1. The molecule has 2 atom stereocenters. The molecule has 1 saturated heterocycles. The lowest BCUT2D eigenvalue weighted by atomic mass is 10.0. The third-order valence-electron chi connectivity index (χ3n) is 5.41. The number of aromatic amines is 1. The molecule has 7 heteroatoms. The highest BCUT2D eigenvalue weighted by Crippen LogP contribution is 2.31. The molecule has 0 saturated carbocycles. The van der Waals surface area contributed by atoms with Gasteiger partial charge in [-0.05, 0) is 50.1 Å². The van der Waals surface area contributed by atoms with Crippen molar-refractivity contribution in [1.82, 2.24) is 25.1 Å². The minimum atomic E-state index is 0.170. The molecule has 4 aromatic rings. The van der Waals surface area contributed by atoms with E-state index in [2.05, 4.69) is 68.2 Å². The molecular formula is C23H24N6O. The number of ether oxygens (including phenoxy) is 1. The van der Waals surface area contributed by atoms with Gasteiger partial charge in [0.05, 0.1) is 23.4 Å². The zero-order valence-corrected chi connectivity index (χ0v) is 17.3. The molecule has 4 heterocycles. The molecule has 152 valence electrons. The molecule has 0 radical (unpaired) electrons. The van der Waals surface area contributed by atoms with Crippen molar-refractivity contribution in [3.8, 4) is 22.5 Å². The van der Waals surface area contributed by atoms with E-state index in [4.69, 9.17) is 4.74 Å². The zero-order valence-electron chi connectivity index (χ0n) is 17.3. The van der Waals surface area contributed by atoms with E-state index in [9.17, 15) is 0 Å². The maximum absolute atomic E-state index is 5.85. The Morgan fingerprint density at radius 3 is 2.63 bits per heavy atom. The van der Waals surface area contributed by atoms with Crippen molar-refractivity contribution in [3.63, 3.8) is 0 Å². The van der Waals surface area contributed by atoms with E-state index in [0.717, 1.165) is 57.9 Å². The molecule has 0 spiro atoms. The average Bonchev–Trinajstić information content (AvgIpc) is 3.16. The van der Waals surface area contributed by atoms with Gasteiger partial charge in [0, 0.05) is 42.5 Å². The van der Waals surface area contributed by atoms with Crippen LogP contribution in [0.3, 0.4) is 0 Å². The molecule has 1 N–H and O–H groups in total. The molecule has 1 aromatic carbocycles. The molecule has 30 heavy (non-hydrogen) atoms. The van der Waals surface area contributed by atoms with Gasteiger partial charge in [-0.3, -0.25) is 10.1 Å². The highest BCUT2D eigenvalue weighted by Gasteiger charge is 2.24. The number of fused-ring (bicyclic) bond motifs is 1. The first kappa shape index (κ1) is 18.7. The van der Waals surface area contributed by atoms with Gasteiger partial charge in [0.1, 0.15) is 17.8 Å². The highest BCUT2D eigenvalue weighted by molar-refractivity contribution is 5.95. The average molecular weight is 400 g/mol. The lowest BCUT2D eigenvalue weighted by Crippen LogP contribution is -2.45. The van der Waals surface area contributed by atoms with Gasteiger partial charge in [0.15, 0.2) is 0 Å². The molecule has 0 aliphatic carbocycles. The Kier molecular flexibility index (Phi) is 4.67. The number of hydrogen-bond acceptors (Lipinski definition) is 6. The number of pyridine rings is 1. The van der Waals surface area contributed by atoms with Crippen LogP contribution in [0.2, 0.25) is 0 Å². The van der Waals surface area contributed by atoms with Gasteiger partial charge in [-0.2, -0.15) is 5.10 Å². The maximum atomic E-state index is 5.85. The SMILES string of the molecule is Cc1cncc(-c2ccc3[nH]nc(-c4cc(N5C[C@@H](C)O[C@@H](C)C5)ncn4)c3c2)c1. The normalized spacial score (nSPS) is 19.4. The van der Waals surface area contributed by atoms with Crippen molar-refractivity contribution in [2.45, 2.75) is 33.0 Å². The lowest BCUT2D eigenvalue weighted by molar-refractivity contribution is -0.00546. The summed E-state index contributed by atoms with van der Waals surface area (Å²) in [5, 5.41) is 8.72. The maximum Gasteiger partial charge on any atom is 0.132 e. The smallest absolute Gasteiger partial charge is 0.132 e. The van der Waals surface area contributed by atoms with Gasteiger partial charge < -0.3 is 9.64 Å². The summed E-state index contributed by atoms with van der Waals surface area (Å²) in [7, 11) is 0. The van der Waals surface area contributed by atoms with Gasteiger partial charge in [0.2, 0.25) is 0 Å². The van der Waals surface area contributed by atoms with Crippen LogP contribution in [-0.4, -0.2) is 50.4 Å². The van der Waals surface area contributed by atoms with E-state index in [1.54, 1.807) is 6.33 Å². The van der Waals surface area contributed by atoms with Crippen LogP contribution in [0.1, 0.15) is 19.4 Å². The first-order chi connectivity index (χ1) is 14.6. The van der Waals surface area contributed by atoms with Gasteiger partial charge in [-0.15, -0.1) is 0 Å². The fourth-order valence-corrected chi connectivity index (χ4v) is 4.12. The Balaban J connectivity index is 1.54. The van der Waals surface area contributed by atoms with E-state index in [1.807, 2.05) is 25.4 Å². The quantitative estimate of drug-likeness (QED) is 0.560. The standard InChI is InChI=1S/C23H24N6O/c1-14-6-18(10-24-9-14)17-4-5-20-19(7-17)23(28-27-20)21-8-22(26-13-25-21)29-11-15(2)30-16(3)12-29/h4-10,13,15-16H,11-12H2,1-3H3,(H,27,28)/t15-,16+. The van der Waals surface area contributed by atoms with Crippen molar-refractivity contribution < 1.29 is 4.74 Å². The summed E-state index contributed by atoms with van der Waals surface area (Å²) in [6.07, 6.45) is 5.70. The van der Waals surface area contributed by atoms with Crippen molar-refractivity contribution >= 4 is 16.7 Å². The topological polar surface area (TPSA) is 79.8 Å². The fraction of sp³-hybridized carbons (Fsp3) is 0.304. The number of morpholine rings is 1. The summed E-state index contributed by atoms with van der Waals surface area (Å²) in [6, 6.07) is 10.4. The molecule has 5 rings (SSSR count). The Bertz CT molecular complexity index is 1190. The van der Waals surface area contributed by atoms with Crippen LogP contribution < -0.4 is 4.90 Å². The molecule has 1 fully saturated rings. The lowest BCUT2D eigenvalue weighted by Gasteiger charge is -2.36. The number of benzene rings is 1. The van der Waals surface area contributed by atoms with Crippen LogP contribution in [0, 0.1) is 6.92 Å². The minimum Gasteiger partial charge on any atom is -0.372 e. The van der Waals surface area contributed by atoms with Crippen LogP contribution in [0.4, 0.5) is 5.82 Å². The number of hydrogen-bond donors (Lipinski definition) is 1. The molecule has 3 aromatic heterocycles. The number of nitrogens with zero attached hydrogens (tertiary/aromatic N) is 5. The second-order valence-corrected chi connectivity index (χ2v) is 8.01. The summed E-state index contributed by atoms with van der Waals surface area (Å²) in [5.74, 6) is 0.900. The van der Waals surface area contributed by atoms with Gasteiger partial charge in [0.25, 0.3) is 0 Å². The molecule has 1 aliphatic heterocycles. The molecule has 1 aliphatic rings. The third kappa shape index (κ3) is 3.52. The predicted molar refractivity (Wildman–Crippen MR) is 117 cm³/mol. The van der Waals surface area contributed by atoms with Gasteiger partial charge in [-0.1, -0.05) is 6.07 Å². The van der Waals surface area contributed by atoms with E-state index in [-0.39, 0.29) is 12.2 Å². The highest BCUT2D eigenvalue weighted by atomic mass is 16.5. The zero-order chi connectivity index (χ0) is 20.7. The molecule has 0 bridgehead atoms. The van der Waals surface area contributed by atoms with Crippen LogP contribution in [0.15, 0.2) is 49.1 Å².